The van der Waals surface area contributed by atoms with Crippen LogP contribution in [0, 0.1) is 0 Å². The van der Waals surface area contributed by atoms with Gasteiger partial charge in [-0.15, -0.1) is 0 Å². The van der Waals surface area contributed by atoms with Gasteiger partial charge in [-0.25, -0.2) is 4.79 Å². The fourth-order valence-corrected chi connectivity index (χ4v) is 4.96. The van der Waals surface area contributed by atoms with E-state index in [0.29, 0.717) is 13.1 Å². The first-order chi connectivity index (χ1) is 17.1. The first kappa shape index (κ1) is 22.8. The lowest BCUT2D eigenvalue weighted by Crippen LogP contribution is -2.41. The number of nitrogens with one attached hydrogen (secondary N) is 2. The highest BCUT2D eigenvalue weighted by molar-refractivity contribution is 5.86. The van der Waals surface area contributed by atoms with E-state index in [4.69, 9.17) is 0 Å². The number of hydrogen-bond donors (Lipinski definition) is 2. The molecule has 5 rings (SSSR count). The molecule has 0 saturated heterocycles. The minimum Gasteiger partial charge on any atom is -0.378 e. The fourth-order valence-electron chi connectivity index (χ4n) is 4.96. The Morgan fingerprint density at radius 3 is 2.46 bits per heavy atom. The zero-order valence-electron chi connectivity index (χ0n) is 20.4. The van der Waals surface area contributed by atoms with Crippen molar-refractivity contribution in [3.05, 3.63) is 108 Å². The molecule has 0 radical (unpaired) electrons. The molecule has 0 bridgehead atoms. The molecule has 0 spiro atoms. The summed E-state index contributed by atoms with van der Waals surface area (Å²) in [5, 5.41) is 8.55. The van der Waals surface area contributed by atoms with Crippen molar-refractivity contribution in [2.24, 2.45) is 0 Å². The van der Waals surface area contributed by atoms with Crippen molar-refractivity contribution in [2.45, 2.75) is 19.0 Å². The maximum absolute atomic E-state index is 12.8. The third-order valence-electron chi connectivity index (χ3n) is 6.87. The van der Waals surface area contributed by atoms with E-state index < -0.39 is 0 Å². The summed E-state index contributed by atoms with van der Waals surface area (Å²) in [5.74, 6) is 0. The lowest BCUT2D eigenvalue weighted by atomic mass is 10.0. The van der Waals surface area contributed by atoms with Gasteiger partial charge in [0.25, 0.3) is 0 Å². The molecule has 1 aliphatic rings. The minimum atomic E-state index is -0.152. The number of benzene rings is 4. The normalized spacial score (nSPS) is 13.4. The fraction of sp³-hybridized carbons (Fsp3) is 0.233. The maximum atomic E-state index is 12.8. The van der Waals surface area contributed by atoms with E-state index in [1.807, 2.05) is 32.3 Å². The van der Waals surface area contributed by atoms with Crippen LogP contribution in [0.5, 0.6) is 0 Å². The van der Waals surface area contributed by atoms with E-state index in [2.05, 4.69) is 93.2 Å². The van der Waals surface area contributed by atoms with Crippen molar-refractivity contribution in [1.82, 2.24) is 10.6 Å². The van der Waals surface area contributed by atoms with E-state index in [0.717, 1.165) is 24.2 Å². The Morgan fingerprint density at radius 1 is 0.886 bits per heavy atom. The van der Waals surface area contributed by atoms with Gasteiger partial charge >= 0.3 is 6.03 Å². The van der Waals surface area contributed by atoms with Gasteiger partial charge in [-0.3, -0.25) is 0 Å². The molecule has 4 aromatic rings. The maximum Gasteiger partial charge on any atom is 0.315 e. The Kier molecular flexibility index (Phi) is 6.57. The topological polar surface area (TPSA) is 47.6 Å². The Morgan fingerprint density at radius 2 is 1.63 bits per heavy atom. The first-order valence-electron chi connectivity index (χ1n) is 12.2. The molecule has 0 saturated carbocycles. The molecule has 0 aromatic heterocycles. The second-order valence-corrected chi connectivity index (χ2v) is 9.28. The molecule has 1 atom stereocenters. The highest BCUT2D eigenvalue weighted by Gasteiger charge is 2.27. The molecule has 35 heavy (non-hydrogen) atoms. The number of para-hydroxylation sites is 1. The highest BCUT2D eigenvalue weighted by Crippen LogP contribution is 2.35. The van der Waals surface area contributed by atoms with Gasteiger partial charge in [-0.2, -0.15) is 0 Å². The number of urea groups is 1. The molecular formula is C30H32N4O. The van der Waals surface area contributed by atoms with E-state index in [1.54, 1.807) is 0 Å². The third kappa shape index (κ3) is 4.94. The number of rotatable bonds is 7. The van der Waals surface area contributed by atoms with Gasteiger partial charge in [-0.05, 0) is 52.1 Å². The van der Waals surface area contributed by atoms with Crippen LogP contribution in [-0.4, -0.2) is 33.2 Å². The van der Waals surface area contributed by atoms with Crippen LogP contribution in [0.25, 0.3) is 10.8 Å². The molecule has 1 heterocycles. The first-order valence-corrected chi connectivity index (χ1v) is 12.2. The number of carbonyl (C=O) groups is 1. The summed E-state index contributed by atoms with van der Waals surface area (Å²) in [6.07, 6.45) is 1.02. The van der Waals surface area contributed by atoms with Crippen LogP contribution in [-0.2, 0) is 13.0 Å². The van der Waals surface area contributed by atoms with Crippen LogP contribution in [0.2, 0.25) is 0 Å². The molecule has 1 unspecified atom stereocenters. The van der Waals surface area contributed by atoms with E-state index in [-0.39, 0.29) is 12.1 Å². The van der Waals surface area contributed by atoms with Crippen molar-refractivity contribution in [3.8, 4) is 0 Å². The number of hydrogen-bond acceptors (Lipinski definition) is 3. The van der Waals surface area contributed by atoms with Gasteiger partial charge in [0.1, 0.15) is 0 Å². The summed E-state index contributed by atoms with van der Waals surface area (Å²) in [5.41, 5.74) is 6.09. The highest BCUT2D eigenvalue weighted by atomic mass is 16.2. The second kappa shape index (κ2) is 10.1. The zero-order chi connectivity index (χ0) is 24.2. The van der Waals surface area contributed by atoms with Gasteiger partial charge in [0, 0.05) is 45.1 Å². The van der Waals surface area contributed by atoms with Crippen molar-refractivity contribution in [2.75, 3.05) is 37.0 Å². The summed E-state index contributed by atoms with van der Waals surface area (Å²) in [4.78, 5) is 17.4. The van der Waals surface area contributed by atoms with Gasteiger partial charge < -0.3 is 20.4 Å². The van der Waals surface area contributed by atoms with Crippen LogP contribution in [0.3, 0.4) is 0 Å². The van der Waals surface area contributed by atoms with Crippen molar-refractivity contribution >= 4 is 28.2 Å². The number of carbonyl (C=O) groups excluding carboxylic acids is 1. The lowest BCUT2D eigenvalue weighted by molar-refractivity contribution is 0.239. The molecule has 4 aromatic carbocycles. The lowest BCUT2D eigenvalue weighted by Gasteiger charge is -2.31. The summed E-state index contributed by atoms with van der Waals surface area (Å²) >= 11 is 0. The van der Waals surface area contributed by atoms with Crippen molar-refractivity contribution in [3.63, 3.8) is 0 Å². The standard InChI is InChI=1S/C30H32N4O/c1-33(2)26-16-14-24(15-17-26)29(34-19-18-23-9-4-6-13-28(23)34)21-32-30(35)31-20-25-11-7-10-22-8-3-5-12-27(22)25/h3-17,29H,18-21H2,1-2H3,(H2,31,32,35). The summed E-state index contributed by atoms with van der Waals surface area (Å²) < 4.78 is 0. The summed E-state index contributed by atoms with van der Waals surface area (Å²) in [6, 6.07) is 31.6. The van der Waals surface area contributed by atoms with Gasteiger partial charge in [-0.1, -0.05) is 72.8 Å². The Bertz CT molecular complexity index is 1310. The minimum absolute atomic E-state index is 0.0539. The molecule has 0 fully saturated rings. The van der Waals surface area contributed by atoms with E-state index in [9.17, 15) is 4.79 Å². The SMILES string of the molecule is CN(C)c1ccc(C(CNC(=O)NCc2cccc3ccccc23)N2CCc3ccccc32)cc1. The van der Waals surface area contributed by atoms with Crippen LogP contribution >= 0.6 is 0 Å². The van der Waals surface area contributed by atoms with Crippen LogP contribution < -0.4 is 20.4 Å². The predicted octanol–water partition coefficient (Wildman–Crippen LogP) is 5.51. The number of amides is 2. The monoisotopic (exact) mass is 464 g/mol. The molecule has 5 heteroatoms. The largest absolute Gasteiger partial charge is 0.378 e. The quantitative estimate of drug-likeness (QED) is 0.379. The van der Waals surface area contributed by atoms with Crippen molar-refractivity contribution < 1.29 is 4.79 Å². The predicted molar refractivity (Wildman–Crippen MR) is 145 cm³/mol. The number of anilines is 2. The number of fused-ring (bicyclic) bond motifs is 2. The van der Waals surface area contributed by atoms with Crippen LogP contribution in [0.15, 0.2) is 91.0 Å². The van der Waals surface area contributed by atoms with Gasteiger partial charge in [0.15, 0.2) is 0 Å². The second-order valence-electron chi connectivity index (χ2n) is 9.28. The van der Waals surface area contributed by atoms with Gasteiger partial charge in [0.2, 0.25) is 0 Å². The van der Waals surface area contributed by atoms with Crippen LogP contribution in [0.1, 0.15) is 22.7 Å². The molecule has 2 amide bonds. The summed E-state index contributed by atoms with van der Waals surface area (Å²) in [7, 11) is 4.09. The zero-order valence-corrected chi connectivity index (χ0v) is 20.4. The molecule has 5 nitrogen and oxygen atoms in total. The average molecular weight is 465 g/mol. The molecule has 0 aliphatic carbocycles. The summed E-state index contributed by atoms with van der Waals surface area (Å²) in [6.45, 7) is 1.96. The molecule has 1 aliphatic heterocycles. The average Bonchev–Trinajstić information content (AvgIpc) is 3.32. The van der Waals surface area contributed by atoms with E-state index in [1.165, 1.54) is 27.6 Å². The van der Waals surface area contributed by atoms with Crippen LogP contribution in [0.4, 0.5) is 16.2 Å². The van der Waals surface area contributed by atoms with E-state index >= 15 is 0 Å². The molecule has 2 N–H and O–H groups in total. The van der Waals surface area contributed by atoms with Crippen molar-refractivity contribution in [1.29, 1.82) is 0 Å². The van der Waals surface area contributed by atoms with Gasteiger partial charge in [0.05, 0.1) is 6.04 Å². The molecular weight excluding hydrogens is 432 g/mol. The molecule has 178 valence electrons. The Hall–Kier alpha value is -3.99. The Labute approximate surface area is 207 Å². The Balaban J connectivity index is 1.30. The number of nitrogens with zero attached hydrogens (tertiary/aromatic N) is 2. The third-order valence-corrected chi connectivity index (χ3v) is 6.87. The smallest absolute Gasteiger partial charge is 0.315 e.